The van der Waals surface area contributed by atoms with Gasteiger partial charge >= 0.3 is 0 Å². The van der Waals surface area contributed by atoms with Crippen molar-refractivity contribution in [3.8, 4) is 6.07 Å². The predicted molar refractivity (Wildman–Crippen MR) is 38.8 cm³/mol. The molecule has 0 aliphatic rings. The van der Waals surface area contributed by atoms with E-state index in [-0.39, 0.29) is 11.1 Å². The average Bonchev–Trinajstić information content (AvgIpc) is 1.90. The van der Waals surface area contributed by atoms with E-state index in [1.165, 1.54) is 13.0 Å². The normalized spacial score (nSPS) is 11.3. The molecule has 0 rings (SSSR count). The van der Waals surface area contributed by atoms with Gasteiger partial charge in [0.05, 0.1) is 11.6 Å². The molecule has 0 bridgehead atoms. The quantitative estimate of drug-likeness (QED) is 0.423. The van der Waals surface area contributed by atoms with E-state index in [0.29, 0.717) is 0 Å². The molecule has 0 aliphatic carbocycles. The summed E-state index contributed by atoms with van der Waals surface area (Å²) in [6, 6.07) is 1.79. The van der Waals surface area contributed by atoms with E-state index < -0.39 is 5.83 Å². The molecule has 0 aromatic rings. The van der Waals surface area contributed by atoms with E-state index in [4.69, 9.17) is 5.26 Å². The summed E-state index contributed by atoms with van der Waals surface area (Å²) in [7, 11) is 0. The molecule has 0 unspecified atom stereocenters. The average molecular weight is 137 g/mol. The van der Waals surface area contributed by atoms with Crippen LogP contribution in [0.3, 0.4) is 0 Å². The molecule has 0 saturated carbocycles. The van der Waals surface area contributed by atoms with E-state index in [1.54, 1.807) is 6.07 Å². The van der Waals surface area contributed by atoms with Gasteiger partial charge in [0.1, 0.15) is 5.83 Å². The molecule has 0 aromatic carbocycles. The van der Waals surface area contributed by atoms with Gasteiger partial charge in [0.15, 0.2) is 0 Å². The van der Waals surface area contributed by atoms with Gasteiger partial charge in [-0.25, -0.2) is 4.39 Å². The second kappa shape index (κ2) is 3.62. The van der Waals surface area contributed by atoms with E-state index >= 15 is 0 Å². The van der Waals surface area contributed by atoms with Gasteiger partial charge in [-0.3, -0.25) is 0 Å². The topological polar surface area (TPSA) is 23.8 Å². The molecule has 0 saturated heterocycles. The highest BCUT2D eigenvalue weighted by atomic mass is 19.1. The highest BCUT2D eigenvalue weighted by Gasteiger charge is 1.99. The Labute approximate surface area is 59.8 Å². The van der Waals surface area contributed by atoms with Crippen LogP contribution in [-0.4, -0.2) is 0 Å². The summed E-state index contributed by atoms with van der Waals surface area (Å²) in [5.74, 6) is -0.587. The van der Waals surface area contributed by atoms with Crippen LogP contribution in [-0.2, 0) is 0 Å². The van der Waals surface area contributed by atoms with Gasteiger partial charge < -0.3 is 0 Å². The molecule has 1 nitrogen and oxygen atoms in total. The largest absolute Gasteiger partial charge is 0.207 e. The Balaban J connectivity index is 4.82. The van der Waals surface area contributed by atoms with Crippen LogP contribution in [0.4, 0.5) is 4.39 Å². The summed E-state index contributed by atoms with van der Waals surface area (Å²) >= 11 is 0. The fourth-order valence-corrected chi connectivity index (χ4v) is 0.429. The minimum absolute atomic E-state index is 0.229. The third-order valence-corrected chi connectivity index (χ3v) is 1.14. The first kappa shape index (κ1) is 8.64. The Hall–Kier alpha value is -1.36. The van der Waals surface area contributed by atoms with Gasteiger partial charge in [-0.15, -0.1) is 0 Å². The van der Waals surface area contributed by atoms with Crippen molar-refractivity contribution < 1.29 is 4.39 Å². The lowest BCUT2D eigenvalue weighted by atomic mass is 10.1. The van der Waals surface area contributed by atoms with Crippen LogP contribution in [0.25, 0.3) is 0 Å². The van der Waals surface area contributed by atoms with Crippen molar-refractivity contribution in [1.82, 2.24) is 0 Å². The van der Waals surface area contributed by atoms with E-state index in [9.17, 15) is 4.39 Å². The first-order valence-corrected chi connectivity index (χ1v) is 2.71. The maximum absolute atomic E-state index is 12.3. The van der Waals surface area contributed by atoms with Gasteiger partial charge in [-0.1, -0.05) is 19.2 Å². The molecular formula is C8H8FN. The van der Waals surface area contributed by atoms with Gasteiger partial charge in [0.2, 0.25) is 0 Å². The van der Waals surface area contributed by atoms with Crippen molar-refractivity contribution in [2.75, 3.05) is 0 Å². The Morgan fingerprint density at radius 2 is 2.20 bits per heavy atom. The van der Waals surface area contributed by atoms with Crippen molar-refractivity contribution in [2.45, 2.75) is 6.92 Å². The fraction of sp³-hybridized carbons (Fsp3) is 0.125. The number of rotatable bonds is 2. The Morgan fingerprint density at radius 1 is 1.70 bits per heavy atom. The van der Waals surface area contributed by atoms with Crippen LogP contribution in [0, 0.1) is 11.3 Å². The Kier molecular flexibility index (Phi) is 3.13. The molecule has 0 spiro atoms. The monoisotopic (exact) mass is 137 g/mol. The lowest BCUT2D eigenvalue weighted by Gasteiger charge is -1.94. The molecule has 2 heteroatoms. The van der Waals surface area contributed by atoms with Crippen molar-refractivity contribution in [1.29, 1.82) is 5.26 Å². The molecule has 0 radical (unpaired) electrons. The summed E-state index contributed by atoms with van der Waals surface area (Å²) in [5.41, 5.74) is 0.477. The number of hydrogen-bond donors (Lipinski definition) is 0. The first-order chi connectivity index (χ1) is 4.63. The van der Waals surface area contributed by atoms with Gasteiger partial charge in [0.25, 0.3) is 0 Å². The predicted octanol–water partition coefficient (Wildman–Crippen LogP) is 2.50. The molecule has 0 aromatic heterocycles. The molecule has 0 heterocycles. The van der Waals surface area contributed by atoms with Crippen LogP contribution in [0.2, 0.25) is 0 Å². The van der Waals surface area contributed by atoms with E-state index in [0.717, 1.165) is 0 Å². The number of halogens is 1. The summed E-state index contributed by atoms with van der Waals surface area (Å²) in [6.45, 7) is 7.88. The zero-order valence-corrected chi connectivity index (χ0v) is 5.82. The van der Waals surface area contributed by atoms with Crippen LogP contribution >= 0.6 is 0 Å². The van der Waals surface area contributed by atoms with E-state index in [2.05, 4.69) is 13.2 Å². The molecule has 0 amide bonds. The highest BCUT2D eigenvalue weighted by molar-refractivity contribution is 5.42. The summed E-state index contributed by atoms with van der Waals surface area (Å²) in [4.78, 5) is 0. The minimum atomic E-state index is -0.587. The molecule has 52 valence electrons. The van der Waals surface area contributed by atoms with E-state index in [1.807, 2.05) is 0 Å². The lowest BCUT2D eigenvalue weighted by Crippen LogP contribution is -1.81. The molecule has 0 fully saturated rings. The second-order valence-corrected chi connectivity index (χ2v) is 1.76. The van der Waals surface area contributed by atoms with Gasteiger partial charge in [-0.05, 0) is 6.92 Å². The fourth-order valence-electron chi connectivity index (χ4n) is 0.429. The third kappa shape index (κ3) is 1.87. The molecular weight excluding hydrogens is 129 g/mol. The lowest BCUT2D eigenvalue weighted by molar-refractivity contribution is 0.655. The number of nitriles is 1. The zero-order valence-electron chi connectivity index (χ0n) is 5.82. The van der Waals surface area contributed by atoms with Crippen molar-refractivity contribution in [3.63, 3.8) is 0 Å². The Bertz CT molecular complexity index is 230. The SMILES string of the molecule is C=C/C(C#N)=C(/C)C(=C)F. The molecule has 0 N–H and O–H groups in total. The number of hydrogen-bond acceptors (Lipinski definition) is 1. The van der Waals surface area contributed by atoms with Crippen LogP contribution in [0.1, 0.15) is 6.92 Å². The smallest absolute Gasteiger partial charge is 0.120 e. The first-order valence-electron chi connectivity index (χ1n) is 2.71. The van der Waals surface area contributed by atoms with Gasteiger partial charge in [-0.2, -0.15) is 5.26 Å². The van der Waals surface area contributed by atoms with Crippen LogP contribution in [0.5, 0.6) is 0 Å². The number of allylic oxidation sites excluding steroid dienone is 4. The third-order valence-electron chi connectivity index (χ3n) is 1.14. The Morgan fingerprint density at radius 3 is 2.30 bits per heavy atom. The van der Waals surface area contributed by atoms with Crippen LogP contribution < -0.4 is 0 Å². The second-order valence-electron chi connectivity index (χ2n) is 1.76. The van der Waals surface area contributed by atoms with Crippen molar-refractivity contribution >= 4 is 0 Å². The summed E-state index contributed by atoms with van der Waals surface area (Å²) in [6.07, 6.45) is 1.31. The maximum Gasteiger partial charge on any atom is 0.120 e. The minimum Gasteiger partial charge on any atom is -0.207 e. The molecule has 0 aliphatic heterocycles. The van der Waals surface area contributed by atoms with Crippen molar-refractivity contribution in [3.05, 3.63) is 36.2 Å². The van der Waals surface area contributed by atoms with Crippen LogP contribution in [0.15, 0.2) is 36.2 Å². The maximum atomic E-state index is 12.3. The molecule has 0 atom stereocenters. The number of nitrogens with zero attached hydrogens (tertiary/aromatic N) is 1. The summed E-state index contributed by atoms with van der Waals surface area (Å²) < 4.78 is 12.3. The summed E-state index contributed by atoms with van der Waals surface area (Å²) in [5, 5.41) is 8.36. The highest BCUT2D eigenvalue weighted by Crippen LogP contribution is 2.13. The van der Waals surface area contributed by atoms with Gasteiger partial charge in [0, 0.05) is 5.57 Å². The van der Waals surface area contributed by atoms with Crippen molar-refractivity contribution in [2.24, 2.45) is 0 Å². The standard InChI is InChI=1S/C8H8FN/c1-4-8(5-10)6(2)7(3)9/h4H,1,3H2,2H3/b8-6+. The molecule has 10 heavy (non-hydrogen) atoms. The zero-order chi connectivity index (χ0) is 8.15.